The minimum atomic E-state index is -2.11. The Kier molecular flexibility index (Phi) is 16.8. The molecule has 1 amide bonds. The number of phenols is 3. The molecule has 5 bridgehead atoms. The smallest absolute Gasteiger partial charge is 0.312 e. The molecule has 6 heterocycles. The monoisotopic (exact) mass is 1190 g/mol. The second-order valence-electron chi connectivity index (χ2n) is 24.4. The number of amides is 1. The van der Waals surface area contributed by atoms with Crippen LogP contribution in [0.15, 0.2) is 64.9 Å². The number of aromatic hydroxyl groups is 3. The Morgan fingerprint density at radius 3 is 2.24 bits per heavy atom. The summed E-state index contributed by atoms with van der Waals surface area (Å²) in [5.74, 6) is -9.39. The number of aliphatic hydroxyl groups excluding tert-OH is 3. The number of hydrogen-bond donors (Lipinski definition) is 7. The molecular formula is C64H79FN6O15. The molecular weight excluding hydrogens is 1110 g/mol. The van der Waals surface area contributed by atoms with Gasteiger partial charge in [0.25, 0.3) is 11.7 Å². The number of phenolic OH excluding ortho intramolecular Hbond substituents is 3. The van der Waals surface area contributed by atoms with Gasteiger partial charge in [-0.05, 0) is 64.0 Å². The average Bonchev–Trinajstić information content (AvgIpc) is 1.49. The molecule has 4 fully saturated rings. The number of hydrogen-bond acceptors (Lipinski definition) is 19. The molecule has 0 spiro atoms. The predicted octanol–water partition coefficient (Wildman–Crippen LogP) is 8.09. The lowest BCUT2D eigenvalue weighted by Gasteiger charge is -2.41. The van der Waals surface area contributed by atoms with E-state index in [0.717, 1.165) is 32.1 Å². The normalized spacial score (nSPS) is 29.6. The zero-order chi connectivity index (χ0) is 62.2. The molecule has 1 unspecified atom stereocenters. The highest BCUT2D eigenvalue weighted by atomic mass is 19.1. The standard InChI is InChI=1S/C64H79FN6O15/c1-31-13-12-14-32(2)62(81)67-49-42(28-66-70-24-22-69(23-25-70)64(19-20-64)39-17-21-68(29-39)51-44(65)27-41-50(60(51)83-11)71(40-15-16-40)30-43(37(7)72)55(41)77)56(78)46-47(57(49)79)54(76)36(6)59-48(46)61(80)63(9,86-59)84-26-18-45(82-10)33(3)58(85-38(8)73)35(5)53(75)34(4)52(31)74/h12-14,18,26-28,30-31,33-35,39-40,45,52-53,58,72,74-76,78-79H,7,15-17,19-25,29H2,1-6,8-11H3,(H,67,81)/b13-12+,26-18+,32-14-,66-28-/t31-,33+,34+,35+,39?,45-,52-,53+,58+,63-/m0/s1. The number of hydrazone groups is 1. The summed E-state index contributed by atoms with van der Waals surface area (Å²) < 4.78 is 48.3. The third-order valence-corrected chi connectivity index (χ3v) is 18.9. The molecule has 4 aromatic rings. The Morgan fingerprint density at radius 1 is 0.919 bits per heavy atom. The van der Waals surface area contributed by atoms with Crippen molar-refractivity contribution in [3.63, 3.8) is 0 Å². The molecule has 11 rings (SSSR count). The third-order valence-electron chi connectivity index (χ3n) is 18.9. The van der Waals surface area contributed by atoms with Crippen molar-refractivity contribution in [3.8, 4) is 28.7 Å². The number of nitrogens with zero attached hydrogens (tertiary/aromatic N) is 5. The van der Waals surface area contributed by atoms with Crippen molar-refractivity contribution < 1.29 is 73.1 Å². The summed E-state index contributed by atoms with van der Waals surface area (Å²) in [6.45, 7) is 19.2. The van der Waals surface area contributed by atoms with E-state index < -0.39 is 100 Å². The number of anilines is 2. The predicted molar refractivity (Wildman–Crippen MR) is 321 cm³/mol. The number of esters is 1. The van der Waals surface area contributed by atoms with Crippen LogP contribution in [0.1, 0.15) is 114 Å². The Hall–Kier alpha value is -7.66. The zero-order valence-corrected chi connectivity index (χ0v) is 50.3. The van der Waals surface area contributed by atoms with E-state index in [1.807, 2.05) is 9.47 Å². The second kappa shape index (κ2) is 23.6. The van der Waals surface area contributed by atoms with Crippen molar-refractivity contribution in [2.45, 2.75) is 129 Å². The van der Waals surface area contributed by atoms with Crippen molar-refractivity contribution >= 4 is 62.7 Å². The van der Waals surface area contributed by atoms with Crippen LogP contribution >= 0.6 is 0 Å². The van der Waals surface area contributed by atoms with Crippen LogP contribution in [-0.4, -0.2) is 158 Å². The van der Waals surface area contributed by atoms with Gasteiger partial charge in [-0.15, -0.1) is 0 Å². The first-order valence-corrected chi connectivity index (χ1v) is 29.5. The maximum absolute atomic E-state index is 16.5. The van der Waals surface area contributed by atoms with Gasteiger partial charge in [-0.3, -0.25) is 29.1 Å². The highest BCUT2D eigenvalue weighted by Crippen LogP contribution is 2.56. The number of carbonyl (C=O) groups is 3. The van der Waals surface area contributed by atoms with E-state index in [-0.39, 0.29) is 84.4 Å². The van der Waals surface area contributed by atoms with Gasteiger partial charge in [0.15, 0.2) is 17.3 Å². The Bertz CT molecular complexity index is 3600. The molecule has 3 aromatic carbocycles. The van der Waals surface area contributed by atoms with Crippen LogP contribution in [0.25, 0.3) is 27.4 Å². The Morgan fingerprint density at radius 2 is 1.62 bits per heavy atom. The molecule has 2 aliphatic carbocycles. The number of ether oxygens (including phenoxy) is 5. The largest absolute Gasteiger partial charge is 0.508 e. The Labute approximate surface area is 498 Å². The number of ketones is 1. The van der Waals surface area contributed by atoms with E-state index in [4.69, 9.17) is 28.8 Å². The number of methoxy groups -OCH3 is 2. The number of nitrogens with one attached hydrogen (secondary N) is 1. The number of Topliss-reactive ketones (excluding diaryl/α,β-unsaturated/α-hetero) is 1. The maximum atomic E-state index is 16.5. The molecule has 21 nitrogen and oxygen atoms in total. The summed E-state index contributed by atoms with van der Waals surface area (Å²) in [5, 5.41) is 79.0. The van der Waals surface area contributed by atoms with Crippen molar-refractivity contribution in [1.82, 2.24) is 14.5 Å². The van der Waals surface area contributed by atoms with Crippen LogP contribution in [0, 0.1) is 42.3 Å². The molecule has 2 saturated heterocycles. The lowest BCUT2D eigenvalue weighted by molar-refractivity contribution is -0.160. The first kappa shape index (κ1) is 61.4. The van der Waals surface area contributed by atoms with Gasteiger partial charge in [-0.25, -0.2) is 4.39 Å². The summed E-state index contributed by atoms with van der Waals surface area (Å²) in [6.07, 6.45) is 10.6. The van der Waals surface area contributed by atoms with Crippen LogP contribution in [0.2, 0.25) is 0 Å². The van der Waals surface area contributed by atoms with Crippen molar-refractivity contribution in [2.24, 2.45) is 34.7 Å². The van der Waals surface area contributed by atoms with E-state index >= 15 is 4.39 Å². The van der Waals surface area contributed by atoms with E-state index in [0.29, 0.717) is 50.5 Å². The van der Waals surface area contributed by atoms with Crippen LogP contribution < -0.4 is 25.1 Å². The number of pyridine rings is 1. The summed E-state index contributed by atoms with van der Waals surface area (Å²) in [6, 6.07) is 1.32. The van der Waals surface area contributed by atoms with Crippen molar-refractivity contribution in [3.05, 3.63) is 93.3 Å². The molecule has 1 aromatic heterocycles. The molecule has 86 heavy (non-hydrogen) atoms. The molecule has 22 heteroatoms. The third kappa shape index (κ3) is 10.8. The van der Waals surface area contributed by atoms with Crippen LogP contribution in [0.3, 0.4) is 0 Å². The topological polar surface area (TPSA) is 275 Å². The number of piperazine rings is 1. The van der Waals surface area contributed by atoms with Crippen LogP contribution in [-0.2, 0) is 23.8 Å². The van der Waals surface area contributed by atoms with E-state index in [1.54, 1.807) is 51.1 Å². The van der Waals surface area contributed by atoms with Gasteiger partial charge >= 0.3 is 11.8 Å². The van der Waals surface area contributed by atoms with E-state index in [2.05, 4.69) is 16.8 Å². The quantitative estimate of drug-likeness (QED) is 0.0260. The van der Waals surface area contributed by atoms with Crippen LogP contribution in [0.4, 0.5) is 15.8 Å². The minimum Gasteiger partial charge on any atom is -0.508 e. The van der Waals surface area contributed by atoms with E-state index in [1.165, 1.54) is 72.6 Å². The molecule has 5 aliphatic heterocycles. The highest BCUT2D eigenvalue weighted by Gasteiger charge is 2.56. The zero-order valence-electron chi connectivity index (χ0n) is 50.3. The summed E-state index contributed by atoms with van der Waals surface area (Å²) >= 11 is 0. The molecule has 0 radical (unpaired) electrons. The first-order valence-electron chi connectivity index (χ1n) is 29.5. The summed E-state index contributed by atoms with van der Waals surface area (Å²) in [5.41, 5.74) is -0.457. The summed E-state index contributed by atoms with van der Waals surface area (Å²) in [4.78, 5) is 59.5. The van der Waals surface area contributed by atoms with Gasteiger partial charge < -0.3 is 69.1 Å². The number of benzene rings is 3. The summed E-state index contributed by atoms with van der Waals surface area (Å²) in [7, 11) is 2.91. The number of rotatable bonds is 10. The van der Waals surface area contributed by atoms with Gasteiger partial charge in [0.05, 0.1) is 76.6 Å². The number of allylic oxidation sites excluding steroid dienone is 2. The van der Waals surface area contributed by atoms with Crippen molar-refractivity contribution in [1.29, 1.82) is 0 Å². The van der Waals surface area contributed by atoms with Gasteiger partial charge in [0.1, 0.15) is 34.8 Å². The Balaban J connectivity index is 0.951. The number of carbonyl (C=O) groups excluding carboxylic acids is 3. The first-order chi connectivity index (χ1) is 40.8. The minimum absolute atomic E-state index is 0.0191. The molecule has 462 valence electrons. The van der Waals surface area contributed by atoms with Gasteiger partial charge in [0, 0.05) is 118 Å². The fourth-order valence-corrected chi connectivity index (χ4v) is 13.6. The molecule has 7 N–H and O–H groups in total. The number of fused-ring (bicyclic) bond motifs is 15. The fraction of sp³-hybridized carbons (Fsp3) is 0.516. The maximum Gasteiger partial charge on any atom is 0.312 e. The SMILES string of the molecule is C=C(O)c1cn(C2CC2)c2c(OC)c(N3CCC(C4(N5CCN(/N=C\c6c7c(O)c8c(O)c(C)c9c(c8c6O)C(=O)[C@@](C)(O/C=C/[C@H](OC)[C@@H](C)[C@@H](OC(C)=O)[C@H](C)[C@H](O)[C@H](C)[C@@H](O)[C@@H](C)/C=C/C=C(/C)C(=O)N7)O9)CC5)CC4)C3)c(F)cc2c1=O. The average molecular weight is 1190 g/mol. The van der Waals surface area contributed by atoms with Gasteiger partial charge in [0.2, 0.25) is 5.43 Å². The van der Waals surface area contributed by atoms with Crippen molar-refractivity contribution in [2.75, 3.05) is 63.7 Å². The second-order valence-corrected chi connectivity index (χ2v) is 24.4. The molecule has 2 saturated carbocycles. The number of halogens is 1. The molecule has 10 atom stereocenters. The van der Waals surface area contributed by atoms with Crippen LogP contribution in [0.5, 0.6) is 28.7 Å². The lowest BCUT2D eigenvalue weighted by Crippen LogP contribution is -2.53. The number of aliphatic hydroxyl groups is 3. The van der Waals surface area contributed by atoms with Gasteiger partial charge in [-0.1, -0.05) is 52.5 Å². The van der Waals surface area contributed by atoms with Gasteiger partial charge in [-0.2, -0.15) is 5.10 Å². The number of aromatic nitrogens is 1. The fourth-order valence-electron chi connectivity index (χ4n) is 13.6. The van der Waals surface area contributed by atoms with E-state index in [9.17, 15) is 49.8 Å². The lowest BCUT2D eigenvalue weighted by atomic mass is 9.78. The highest BCUT2D eigenvalue weighted by molar-refractivity contribution is 6.24. The molecule has 7 aliphatic rings.